The summed E-state index contributed by atoms with van der Waals surface area (Å²) in [6.07, 6.45) is 0.649. The zero-order valence-electron chi connectivity index (χ0n) is 12.0. The smallest absolute Gasteiger partial charge is 0.0753 e. The molecule has 2 rings (SSSR count). The van der Waals surface area contributed by atoms with E-state index in [1.165, 1.54) is 0 Å². The molecule has 0 aromatic heterocycles. The fourth-order valence-electron chi connectivity index (χ4n) is 2.16. The average molecular weight is 319 g/mol. The highest BCUT2D eigenvalue weighted by molar-refractivity contribution is 6.42. The van der Waals surface area contributed by atoms with E-state index in [1.54, 1.807) is 12.1 Å². The first-order valence-electron chi connectivity index (χ1n) is 6.62. The molecule has 0 aliphatic rings. The van der Waals surface area contributed by atoms with Crippen LogP contribution in [0, 0.1) is 11.3 Å². The second-order valence-corrected chi connectivity index (χ2v) is 5.94. The van der Waals surface area contributed by atoms with Crippen LogP contribution in [0.4, 0.5) is 5.69 Å². The number of hydrogen-bond acceptors (Lipinski definition) is 2. The van der Waals surface area contributed by atoms with Crippen LogP contribution < -0.4 is 4.90 Å². The molecule has 0 saturated carbocycles. The van der Waals surface area contributed by atoms with E-state index in [4.69, 9.17) is 23.2 Å². The number of nitrogens with zero attached hydrogens (tertiary/aromatic N) is 2. The molecule has 0 radical (unpaired) electrons. The Morgan fingerprint density at radius 2 is 1.86 bits per heavy atom. The Kier molecular flexibility index (Phi) is 5.12. The second-order valence-electron chi connectivity index (χ2n) is 5.12. The lowest BCUT2D eigenvalue weighted by molar-refractivity contribution is 0.848. The Balaban J connectivity index is 2.25. The standard InChI is InChI=1S/C17H16Cl2N2/c1-21(2)15-5-3-4-12(9-15)8-14(11-20)13-6-7-16(18)17(19)10-13/h3-7,9-10,14H,8H2,1-2H3. The summed E-state index contributed by atoms with van der Waals surface area (Å²) in [6.45, 7) is 0. The van der Waals surface area contributed by atoms with Gasteiger partial charge in [0.2, 0.25) is 0 Å². The lowest BCUT2D eigenvalue weighted by Crippen LogP contribution is -2.09. The van der Waals surface area contributed by atoms with Crippen molar-refractivity contribution in [2.45, 2.75) is 12.3 Å². The van der Waals surface area contributed by atoms with E-state index in [9.17, 15) is 5.26 Å². The predicted octanol–water partition coefficient (Wildman–Crippen LogP) is 4.91. The summed E-state index contributed by atoms with van der Waals surface area (Å²) in [5.74, 6) is -0.239. The fourth-order valence-corrected chi connectivity index (χ4v) is 2.47. The van der Waals surface area contributed by atoms with Crippen LogP contribution in [0.2, 0.25) is 10.0 Å². The Hall–Kier alpha value is -1.69. The molecule has 1 unspecified atom stereocenters. The molecule has 0 aliphatic carbocycles. The van der Waals surface area contributed by atoms with Crippen molar-refractivity contribution in [3.05, 3.63) is 63.6 Å². The summed E-state index contributed by atoms with van der Waals surface area (Å²) in [7, 11) is 4.00. The summed E-state index contributed by atoms with van der Waals surface area (Å²) in [5.41, 5.74) is 3.14. The minimum absolute atomic E-state index is 0.239. The van der Waals surface area contributed by atoms with Gasteiger partial charge in [0, 0.05) is 19.8 Å². The molecule has 0 fully saturated rings. The van der Waals surface area contributed by atoms with Gasteiger partial charge in [-0.25, -0.2) is 0 Å². The van der Waals surface area contributed by atoms with E-state index in [0.29, 0.717) is 16.5 Å². The maximum absolute atomic E-state index is 9.44. The molecule has 4 heteroatoms. The van der Waals surface area contributed by atoms with Crippen LogP contribution in [-0.4, -0.2) is 14.1 Å². The van der Waals surface area contributed by atoms with E-state index in [2.05, 4.69) is 12.1 Å². The first-order chi connectivity index (χ1) is 10.0. The number of benzene rings is 2. The normalized spacial score (nSPS) is 11.8. The van der Waals surface area contributed by atoms with Gasteiger partial charge in [0.15, 0.2) is 0 Å². The van der Waals surface area contributed by atoms with E-state index < -0.39 is 0 Å². The zero-order valence-corrected chi connectivity index (χ0v) is 13.5. The number of hydrogen-bond donors (Lipinski definition) is 0. The van der Waals surface area contributed by atoms with Crippen molar-refractivity contribution < 1.29 is 0 Å². The van der Waals surface area contributed by atoms with Gasteiger partial charge in [-0.05, 0) is 41.8 Å². The molecule has 21 heavy (non-hydrogen) atoms. The lowest BCUT2D eigenvalue weighted by Gasteiger charge is -2.15. The Bertz CT molecular complexity index is 675. The number of anilines is 1. The predicted molar refractivity (Wildman–Crippen MR) is 89.3 cm³/mol. The van der Waals surface area contributed by atoms with Crippen LogP contribution in [-0.2, 0) is 6.42 Å². The largest absolute Gasteiger partial charge is 0.378 e. The molecular weight excluding hydrogens is 303 g/mol. The summed E-state index contributed by atoms with van der Waals surface area (Å²) < 4.78 is 0. The van der Waals surface area contributed by atoms with Gasteiger partial charge >= 0.3 is 0 Å². The van der Waals surface area contributed by atoms with Crippen molar-refractivity contribution in [2.75, 3.05) is 19.0 Å². The van der Waals surface area contributed by atoms with Crippen molar-refractivity contribution in [1.29, 1.82) is 5.26 Å². The van der Waals surface area contributed by atoms with Crippen LogP contribution in [0.3, 0.4) is 0 Å². The molecule has 2 aromatic rings. The van der Waals surface area contributed by atoms with Crippen LogP contribution >= 0.6 is 23.2 Å². The highest BCUT2D eigenvalue weighted by atomic mass is 35.5. The number of rotatable bonds is 4. The average Bonchev–Trinajstić information content (AvgIpc) is 2.48. The van der Waals surface area contributed by atoms with Crippen molar-refractivity contribution in [3.8, 4) is 6.07 Å². The first-order valence-corrected chi connectivity index (χ1v) is 7.37. The SMILES string of the molecule is CN(C)c1cccc(CC(C#N)c2ccc(Cl)c(Cl)c2)c1. The molecule has 2 aromatic carbocycles. The molecule has 0 N–H and O–H groups in total. The van der Waals surface area contributed by atoms with Gasteiger partial charge in [-0.3, -0.25) is 0 Å². The topological polar surface area (TPSA) is 27.0 Å². The van der Waals surface area contributed by atoms with Crippen molar-refractivity contribution in [3.63, 3.8) is 0 Å². The summed E-state index contributed by atoms with van der Waals surface area (Å²) in [6, 6.07) is 15.9. The van der Waals surface area contributed by atoms with Crippen LogP contribution in [0.1, 0.15) is 17.0 Å². The maximum atomic E-state index is 9.44. The molecule has 108 valence electrons. The van der Waals surface area contributed by atoms with E-state index >= 15 is 0 Å². The Morgan fingerprint density at radius 3 is 2.48 bits per heavy atom. The van der Waals surface area contributed by atoms with Crippen molar-refractivity contribution in [1.82, 2.24) is 0 Å². The third-order valence-electron chi connectivity index (χ3n) is 3.37. The van der Waals surface area contributed by atoms with E-state index in [1.807, 2.05) is 43.3 Å². The molecule has 0 bridgehead atoms. The molecule has 0 saturated heterocycles. The molecule has 1 atom stereocenters. The van der Waals surface area contributed by atoms with Crippen LogP contribution in [0.15, 0.2) is 42.5 Å². The Morgan fingerprint density at radius 1 is 1.10 bits per heavy atom. The summed E-state index contributed by atoms with van der Waals surface area (Å²) in [4.78, 5) is 2.05. The highest BCUT2D eigenvalue weighted by Gasteiger charge is 2.13. The van der Waals surface area contributed by atoms with Gasteiger partial charge < -0.3 is 4.90 Å². The third kappa shape index (κ3) is 3.91. The molecular formula is C17H16Cl2N2. The van der Waals surface area contributed by atoms with Crippen molar-refractivity contribution >= 4 is 28.9 Å². The van der Waals surface area contributed by atoms with Gasteiger partial charge in [-0.2, -0.15) is 5.26 Å². The van der Waals surface area contributed by atoms with Gasteiger partial charge in [0.1, 0.15) is 0 Å². The summed E-state index contributed by atoms with van der Waals surface area (Å²) >= 11 is 12.0. The minimum atomic E-state index is -0.239. The number of halogens is 2. The molecule has 0 aliphatic heterocycles. The van der Waals surface area contributed by atoms with Gasteiger partial charge in [0.25, 0.3) is 0 Å². The molecule has 0 spiro atoms. The second kappa shape index (κ2) is 6.85. The number of nitriles is 1. The minimum Gasteiger partial charge on any atom is -0.378 e. The molecule has 0 amide bonds. The highest BCUT2D eigenvalue weighted by Crippen LogP contribution is 2.28. The third-order valence-corrected chi connectivity index (χ3v) is 4.11. The van der Waals surface area contributed by atoms with E-state index in [0.717, 1.165) is 16.8 Å². The van der Waals surface area contributed by atoms with Crippen LogP contribution in [0.5, 0.6) is 0 Å². The quantitative estimate of drug-likeness (QED) is 0.800. The molecule has 2 nitrogen and oxygen atoms in total. The monoisotopic (exact) mass is 318 g/mol. The first kappa shape index (κ1) is 15.7. The molecule has 0 heterocycles. The lowest BCUT2D eigenvalue weighted by atomic mass is 9.93. The Labute approximate surface area is 135 Å². The van der Waals surface area contributed by atoms with Gasteiger partial charge in [-0.1, -0.05) is 41.4 Å². The fraction of sp³-hybridized carbons (Fsp3) is 0.235. The van der Waals surface area contributed by atoms with Gasteiger partial charge in [0.05, 0.1) is 22.0 Å². The van der Waals surface area contributed by atoms with Gasteiger partial charge in [-0.15, -0.1) is 0 Å². The zero-order chi connectivity index (χ0) is 15.4. The van der Waals surface area contributed by atoms with Crippen molar-refractivity contribution in [2.24, 2.45) is 0 Å². The summed E-state index contributed by atoms with van der Waals surface area (Å²) in [5, 5.41) is 10.4. The van der Waals surface area contributed by atoms with Crippen LogP contribution in [0.25, 0.3) is 0 Å². The maximum Gasteiger partial charge on any atom is 0.0753 e. The van der Waals surface area contributed by atoms with E-state index in [-0.39, 0.29) is 5.92 Å².